The number of allylic oxidation sites excluding steroid dienone is 1. The first-order chi connectivity index (χ1) is 13.5. The lowest BCUT2D eigenvalue weighted by molar-refractivity contribution is -0.127. The van der Waals surface area contributed by atoms with Crippen LogP contribution in [0, 0.1) is 0 Å². The van der Waals surface area contributed by atoms with E-state index in [1.165, 1.54) is 11.8 Å². The van der Waals surface area contributed by atoms with E-state index in [-0.39, 0.29) is 17.6 Å². The Morgan fingerprint density at radius 3 is 2.68 bits per heavy atom. The van der Waals surface area contributed by atoms with Crippen molar-refractivity contribution in [2.45, 2.75) is 38.0 Å². The highest BCUT2D eigenvalue weighted by Gasteiger charge is 2.18. The van der Waals surface area contributed by atoms with Gasteiger partial charge in [-0.2, -0.15) is 0 Å². The second-order valence-corrected chi connectivity index (χ2v) is 7.46. The van der Waals surface area contributed by atoms with Crippen molar-refractivity contribution in [3.8, 4) is 11.4 Å². The van der Waals surface area contributed by atoms with E-state index in [1.807, 2.05) is 23.6 Å². The van der Waals surface area contributed by atoms with Crippen molar-refractivity contribution in [1.29, 1.82) is 0 Å². The molecule has 2 rings (SSSR count). The van der Waals surface area contributed by atoms with E-state index in [0.29, 0.717) is 29.1 Å². The van der Waals surface area contributed by atoms with Gasteiger partial charge in [0, 0.05) is 23.7 Å². The van der Waals surface area contributed by atoms with Gasteiger partial charge in [0.25, 0.3) is 0 Å². The number of hydrogen-bond donors (Lipinski definition) is 2. The normalized spacial score (nSPS) is 11.7. The minimum Gasteiger partial charge on any atom is -0.354 e. The Labute approximate surface area is 173 Å². The summed E-state index contributed by atoms with van der Waals surface area (Å²) in [4.78, 5) is 24.0. The molecule has 150 valence electrons. The SMILES string of the molecule is C=CCn1c(SCC(=O)N[C@H](C)C(=O)NCCC)nnc1-c1ccc(Cl)cc1. The van der Waals surface area contributed by atoms with Crippen molar-refractivity contribution in [1.82, 2.24) is 25.4 Å². The summed E-state index contributed by atoms with van der Waals surface area (Å²) in [5.74, 6) is 0.360. The average molecular weight is 422 g/mol. The standard InChI is InChI=1S/C19H24ClN5O2S/c1-4-10-21-18(27)13(3)22-16(26)12-28-19-24-23-17(25(19)11-5-2)14-6-8-15(20)9-7-14/h5-9,13H,2,4,10-12H2,1,3H3,(H,21,27)(H,22,26)/t13-/m1/s1. The lowest BCUT2D eigenvalue weighted by atomic mass is 10.2. The molecule has 0 bridgehead atoms. The minimum atomic E-state index is -0.588. The Morgan fingerprint density at radius 1 is 1.32 bits per heavy atom. The monoisotopic (exact) mass is 421 g/mol. The number of nitrogens with one attached hydrogen (secondary N) is 2. The summed E-state index contributed by atoms with van der Waals surface area (Å²) in [6.45, 7) is 8.50. The second kappa shape index (κ2) is 10.9. The smallest absolute Gasteiger partial charge is 0.242 e. The zero-order chi connectivity index (χ0) is 20.5. The van der Waals surface area contributed by atoms with Gasteiger partial charge in [-0.25, -0.2) is 0 Å². The molecular weight excluding hydrogens is 398 g/mol. The van der Waals surface area contributed by atoms with Gasteiger partial charge in [-0.3, -0.25) is 14.2 Å². The predicted octanol–water partition coefficient (Wildman–Crippen LogP) is 2.91. The van der Waals surface area contributed by atoms with Gasteiger partial charge in [0.05, 0.1) is 5.75 Å². The summed E-state index contributed by atoms with van der Waals surface area (Å²) in [5, 5.41) is 15.1. The van der Waals surface area contributed by atoms with E-state index >= 15 is 0 Å². The van der Waals surface area contributed by atoms with Crippen LogP contribution >= 0.6 is 23.4 Å². The maximum Gasteiger partial charge on any atom is 0.242 e. The summed E-state index contributed by atoms with van der Waals surface area (Å²) in [5.41, 5.74) is 0.872. The minimum absolute atomic E-state index is 0.126. The number of hydrogen-bond acceptors (Lipinski definition) is 5. The van der Waals surface area contributed by atoms with Crippen molar-refractivity contribution >= 4 is 35.2 Å². The fraction of sp³-hybridized carbons (Fsp3) is 0.368. The molecule has 7 nitrogen and oxygen atoms in total. The van der Waals surface area contributed by atoms with Crippen LogP contribution in [-0.2, 0) is 16.1 Å². The molecular formula is C19H24ClN5O2S. The molecule has 1 aromatic heterocycles. The molecule has 0 fully saturated rings. The van der Waals surface area contributed by atoms with Gasteiger partial charge in [-0.05, 0) is 37.6 Å². The van der Waals surface area contributed by atoms with Gasteiger partial charge in [-0.1, -0.05) is 36.4 Å². The Hall–Kier alpha value is -2.32. The number of nitrogens with zero attached hydrogens (tertiary/aromatic N) is 3. The van der Waals surface area contributed by atoms with Gasteiger partial charge in [0.1, 0.15) is 6.04 Å². The molecule has 0 saturated carbocycles. The number of thioether (sulfide) groups is 1. The van der Waals surface area contributed by atoms with Crippen molar-refractivity contribution in [2.24, 2.45) is 0 Å². The molecule has 0 saturated heterocycles. The molecule has 1 heterocycles. The maximum atomic E-state index is 12.2. The van der Waals surface area contributed by atoms with Crippen molar-refractivity contribution in [3.05, 3.63) is 41.9 Å². The van der Waals surface area contributed by atoms with Crippen LogP contribution in [0.2, 0.25) is 5.02 Å². The van der Waals surface area contributed by atoms with E-state index in [4.69, 9.17) is 11.6 Å². The van der Waals surface area contributed by atoms with Crippen LogP contribution < -0.4 is 10.6 Å². The van der Waals surface area contributed by atoms with Gasteiger partial charge in [0.15, 0.2) is 11.0 Å². The van der Waals surface area contributed by atoms with Gasteiger partial charge >= 0.3 is 0 Å². The summed E-state index contributed by atoms with van der Waals surface area (Å²) in [7, 11) is 0. The second-order valence-electron chi connectivity index (χ2n) is 6.08. The maximum absolute atomic E-state index is 12.2. The molecule has 0 radical (unpaired) electrons. The molecule has 1 atom stereocenters. The Balaban J connectivity index is 2.02. The van der Waals surface area contributed by atoms with E-state index in [1.54, 1.807) is 25.1 Å². The fourth-order valence-corrected chi connectivity index (χ4v) is 3.27. The lowest BCUT2D eigenvalue weighted by Gasteiger charge is -2.13. The Bertz CT molecular complexity index is 822. The van der Waals surface area contributed by atoms with Crippen molar-refractivity contribution in [3.63, 3.8) is 0 Å². The number of rotatable bonds is 10. The van der Waals surface area contributed by atoms with Gasteiger partial charge in [-0.15, -0.1) is 16.8 Å². The van der Waals surface area contributed by atoms with Crippen LogP contribution in [0.1, 0.15) is 20.3 Å². The van der Waals surface area contributed by atoms with Crippen LogP contribution in [0.15, 0.2) is 42.1 Å². The quantitative estimate of drug-likeness (QED) is 0.455. The van der Waals surface area contributed by atoms with Crippen molar-refractivity contribution < 1.29 is 9.59 Å². The number of benzene rings is 1. The third-order valence-corrected chi connectivity index (χ3v) is 5.00. The Kier molecular flexibility index (Phi) is 8.53. The zero-order valence-electron chi connectivity index (χ0n) is 15.9. The lowest BCUT2D eigenvalue weighted by Crippen LogP contribution is -2.45. The molecule has 1 aromatic carbocycles. The number of aromatic nitrogens is 3. The van der Waals surface area contributed by atoms with Gasteiger partial charge < -0.3 is 10.6 Å². The van der Waals surface area contributed by atoms with E-state index in [0.717, 1.165) is 12.0 Å². The fourth-order valence-electron chi connectivity index (χ4n) is 2.38. The first-order valence-electron chi connectivity index (χ1n) is 8.96. The topological polar surface area (TPSA) is 88.9 Å². The predicted molar refractivity (Wildman–Crippen MR) is 112 cm³/mol. The van der Waals surface area contributed by atoms with E-state index in [2.05, 4.69) is 27.4 Å². The largest absolute Gasteiger partial charge is 0.354 e. The molecule has 2 N–H and O–H groups in total. The first-order valence-corrected chi connectivity index (χ1v) is 10.3. The summed E-state index contributed by atoms with van der Waals surface area (Å²) < 4.78 is 1.88. The average Bonchev–Trinajstić information content (AvgIpc) is 3.08. The molecule has 0 spiro atoms. The van der Waals surface area contributed by atoms with Crippen molar-refractivity contribution in [2.75, 3.05) is 12.3 Å². The molecule has 0 aliphatic carbocycles. The van der Waals surface area contributed by atoms with Crippen LogP contribution in [0.25, 0.3) is 11.4 Å². The number of amides is 2. The molecule has 28 heavy (non-hydrogen) atoms. The zero-order valence-corrected chi connectivity index (χ0v) is 17.5. The highest BCUT2D eigenvalue weighted by molar-refractivity contribution is 7.99. The third kappa shape index (κ3) is 6.10. The summed E-state index contributed by atoms with van der Waals surface area (Å²) in [6.07, 6.45) is 2.59. The molecule has 9 heteroatoms. The van der Waals surface area contributed by atoms with Crippen LogP contribution in [0.5, 0.6) is 0 Å². The number of carbonyl (C=O) groups excluding carboxylic acids is 2. The summed E-state index contributed by atoms with van der Waals surface area (Å²) >= 11 is 7.20. The molecule has 0 aliphatic heterocycles. The highest BCUT2D eigenvalue weighted by atomic mass is 35.5. The summed E-state index contributed by atoms with van der Waals surface area (Å²) in [6, 6.07) is 6.72. The van der Waals surface area contributed by atoms with Crippen LogP contribution in [0.3, 0.4) is 0 Å². The van der Waals surface area contributed by atoms with E-state index < -0.39 is 6.04 Å². The Morgan fingerprint density at radius 2 is 2.04 bits per heavy atom. The number of carbonyl (C=O) groups is 2. The van der Waals surface area contributed by atoms with Crippen LogP contribution in [-0.4, -0.2) is 44.9 Å². The van der Waals surface area contributed by atoms with Crippen LogP contribution in [0.4, 0.5) is 0 Å². The first kappa shape index (κ1) is 22.0. The number of halogens is 1. The highest BCUT2D eigenvalue weighted by Crippen LogP contribution is 2.25. The molecule has 2 aromatic rings. The van der Waals surface area contributed by atoms with E-state index in [9.17, 15) is 9.59 Å². The van der Waals surface area contributed by atoms with Gasteiger partial charge in [0.2, 0.25) is 11.8 Å². The molecule has 0 aliphatic rings. The molecule has 0 unspecified atom stereocenters. The molecule has 2 amide bonds. The third-order valence-electron chi connectivity index (χ3n) is 3.78.